The van der Waals surface area contributed by atoms with Crippen molar-refractivity contribution in [1.29, 1.82) is 0 Å². The molecule has 2 amide bonds. The number of carbonyl (C=O) groups is 2. The molecule has 38 heavy (non-hydrogen) atoms. The number of aryl methyl sites for hydroxylation is 1. The summed E-state index contributed by atoms with van der Waals surface area (Å²) in [6.07, 6.45) is 9.34. The van der Waals surface area contributed by atoms with Gasteiger partial charge < -0.3 is 10.2 Å². The zero-order chi connectivity index (χ0) is 26.8. The van der Waals surface area contributed by atoms with Crippen molar-refractivity contribution < 1.29 is 14.0 Å². The van der Waals surface area contributed by atoms with Crippen molar-refractivity contribution in [2.24, 2.45) is 0 Å². The maximum absolute atomic E-state index is 13.4. The van der Waals surface area contributed by atoms with Crippen LogP contribution in [-0.4, -0.2) is 38.7 Å². The number of hydrogen-bond donors (Lipinski definition) is 1. The molecule has 2 aromatic carbocycles. The standard InChI is InChI=1S/C29H26FN5O2S/c1-4-5-6-7-18(2)28-24(33-29(37)27-19(3)38-17-31-27)15-26(36)34(28)23-12-13-25-20(14-23)16-32-35(25)22-10-8-21(30)9-11-22/h4-14,16-17,24,28H,2,15H2,1,3H3,(H,33,37)/b5-4-,7-6-/t24-,28+/m0/s1. The predicted octanol–water partition coefficient (Wildman–Crippen LogP) is 5.52. The fraction of sp³-hybridized carbons (Fsp3) is 0.172. The Morgan fingerprint density at radius 3 is 2.66 bits per heavy atom. The van der Waals surface area contributed by atoms with Crippen LogP contribution in [0.5, 0.6) is 0 Å². The van der Waals surface area contributed by atoms with Crippen LogP contribution in [-0.2, 0) is 4.79 Å². The third-order valence-corrected chi connectivity index (χ3v) is 7.25. The van der Waals surface area contributed by atoms with Gasteiger partial charge in [0.2, 0.25) is 5.91 Å². The third-order valence-electron chi connectivity index (χ3n) is 6.49. The number of carbonyl (C=O) groups excluding carboxylic acids is 2. The van der Waals surface area contributed by atoms with E-state index in [1.807, 2.05) is 56.4 Å². The van der Waals surface area contributed by atoms with Crippen molar-refractivity contribution in [3.63, 3.8) is 0 Å². The molecule has 4 aromatic rings. The van der Waals surface area contributed by atoms with E-state index in [-0.39, 0.29) is 24.1 Å². The van der Waals surface area contributed by atoms with Crippen LogP contribution >= 0.6 is 11.3 Å². The van der Waals surface area contributed by atoms with E-state index in [4.69, 9.17) is 0 Å². The van der Waals surface area contributed by atoms with E-state index < -0.39 is 12.1 Å². The number of benzene rings is 2. The Labute approximate surface area is 223 Å². The van der Waals surface area contributed by atoms with E-state index in [2.05, 4.69) is 22.0 Å². The average Bonchev–Trinajstić information content (AvgIpc) is 3.60. The van der Waals surface area contributed by atoms with Gasteiger partial charge in [0.25, 0.3) is 5.91 Å². The van der Waals surface area contributed by atoms with E-state index >= 15 is 0 Å². The first kappa shape index (κ1) is 25.3. The quantitative estimate of drug-likeness (QED) is 0.321. The summed E-state index contributed by atoms with van der Waals surface area (Å²) in [4.78, 5) is 33.1. The molecule has 7 nitrogen and oxygen atoms in total. The van der Waals surface area contributed by atoms with Gasteiger partial charge in [-0.05, 0) is 61.9 Å². The lowest BCUT2D eigenvalue weighted by molar-refractivity contribution is -0.117. The molecule has 0 saturated carbocycles. The highest BCUT2D eigenvalue weighted by molar-refractivity contribution is 7.09. The first-order valence-corrected chi connectivity index (χ1v) is 13.0. The lowest BCUT2D eigenvalue weighted by atomic mass is 10.00. The number of allylic oxidation sites excluding steroid dienone is 3. The van der Waals surface area contributed by atoms with Crippen LogP contribution in [0.15, 0.2) is 90.6 Å². The molecule has 1 N–H and O–H groups in total. The Hall–Kier alpha value is -4.37. The number of halogens is 1. The molecular weight excluding hydrogens is 501 g/mol. The molecule has 1 aliphatic heterocycles. The summed E-state index contributed by atoms with van der Waals surface area (Å²) in [5.41, 5.74) is 4.91. The van der Waals surface area contributed by atoms with Crippen molar-refractivity contribution in [3.8, 4) is 5.69 Å². The Bertz CT molecular complexity index is 1580. The highest BCUT2D eigenvalue weighted by Gasteiger charge is 2.42. The van der Waals surface area contributed by atoms with Crippen LogP contribution in [0.2, 0.25) is 0 Å². The zero-order valence-electron chi connectivity index (χ0n) is 21.0. The summed E-state index contributed by atoms with van der Waals surface area (Å²) in [6, 6.07) is 10.7. The summed E-state index contributed by atoms with van der Waals surface area (Å²) in [5.74, 6) is -0.753. The van der Waals surface area contributed by atoms with Crippen molar-refractivity contribution in [1.82, 2.24) is 20.1 Å². The van der Waals surface area contributed by atoms with E-state index in [9.17, 15) is 14.0 Å². The second kappa shape index (κ2) is 10.5. The minimum absolute atomic E-state index is 0.124. The largest absolute Gasteiger partial charge is 0.345 e. The molecule has 0 spiro atoms. The fourth-order valence-electron chi connectivity index (χ4n) is 4.70. The van der Waals surface area contributed by atoms with Gasteiger partial charge in [-0.1, -0.05) is 30.9 Å². The van der Waals surface area contributed by atoms with E-state index in [0.717, 1.165) is 21.5 Å². The smallest absolute Gasteiger partial charge is 0.271 e. The number of rotatable bonds is 7. The number of amides is 2. The molecule has 0 aliphatic carbocycles. The van der Waals surface area contributed by atoms with Crippen LogP contribution in [0.25, 0.3) is 16.6 Å². The maximum atomic E-state index is 13.4. The van der Waals surface area contributed by atoms with Gasteiger partial charge in [-0.3, -0.25) is 9.59 Å². The molecule has 0 bridgehead atoms. The Morgan fingerprint density at radius 2 is 1.95 bits per heavy atom. The zero-order valence-corrected chi connectivity index (χ0v) is 21.8. The molecule has 3 heterocycles. The summed E-state index contributed by atoms with van der Waals surface area (Å²) >= 11 is 1.40. The van der Waals surface area contributed by atoms with Gasteiger partial charge in [-0.2, -0.15) is 5.10 Å². The van der Waals surface area contributed by atoms with Crippen LogP contribution in [0.4, 0.5) is 10.1 Å². The van der Waals surface area contributed by atoms with Gasteiger partial charge in [-0.25, -0.2) is 14.1 Å². The molecule has 1 fully saturated rings. The van der Waals surface area contributed by atoms with Crippen LogP contribution in [0.1, 0.15) is 28.7 Å². The maximum Gasteiger partial charge on any atom is 0.271 e. The molecule has 0 unspecified atom stereocenters. The van der Waals surface area contributed by atoms with E-state index in [1.54, 1.807) is 33.4 Å². The van der Waals surface area contributed by atoms with Gasteiger partial charge in [0.1, 0.15) is 11.5 Å². The van der Waals surface area contributed by atoms with Crippen LogP contribution < -0.4 is 10.2 Å². The topological polar surface area (TPSA) is 80.1 Å². The molecule has 2 atom stereocenters. The average molecular weight is 528 g/mol. The Morgan fingerprint density at radius 1 is 1.18 bits per heavy atom. The Balaban J connectivity index is 1.50. The number of aromatic nitrogens is 3. The number of fused-ring (bicyclic) bond motifs is 1. The second-order valence-electron chi connectivity index (χ2n) is 8.99. The number of hydrogen-bond acceptors (Lipinski definition) is 5. The number of nitrogens with zero attached hydrogens (tertiary/aromatic N) is 4. The van der Waals surface area contributed by atoms with Crippen molar-refractivity contribution >= 4 is 39.7 Å². The van der Waals surface area contributed by atoms with Crippen molar-refractivity contribution in [2.75, 3.05) is 4.90 Å². The van der Waals surface area contributed by atoms with Gasteiger partial charge >= 0.3 is 0 Å². The molecule has 1 aliphatic rings. The highest BCUT2D eigenvalue weighted by atomic mass is 32.1. The molecule has 192 valence electrons. The number of nitrogens with one attached hydrogen (secondary N) is 1. The molecule has 1 saturated heterocycles. The lowest BCUT2D eigenvalue weighted by Crippen LogP contribution is -2.46. The van der Waals surface area contributed by atoms with Gasteiger partial charge in [-0.15, -0.1) is 11.3 Å². The normalized spacial score (nSPS) is 17.8. The summed E-state index contributed by atoms with van der Waals surface area (Å²) < 4.78 is 15.1. The number of thiazole rings is 1. The number of anilines is 1. The molecule has 5 rings (SSSR count). The van der Waals surface area contributed by atoms with Crippen molar-refractivity contribution in [3.05, 3.63) is 107 Å². The summed E-state index contributed by atoms with van der Waals surface area (Å²) in [6.45, 7) is 8.00. The monoisotopic (exact) mass is 527 g/mol. The SMILES string of the molecule is C=C(/C=C\C=C/C)[C@@H]1[C@@H](NC(=O)c2ncsc2C)CC(=O)N1c1ccc2c(cnn2-c2ccc(F)cc2)c1. The minimum Gasteiger partial charge on any atom is -0.345 e. The molecule has 2 aromatic heterocycles. The highest BCUT2D eigenvalue weighted by Crippen LogP contribution is 2.34. The molecular formula is C29H26FN5O2S. The van der Waals surface area contributed by atoms with Crippen molar-refractivity contribution in [2.45, 2.75) is 32.4 Å². The van der Waals surface area contributed by atoms with Gasteiger partial charge in [0, 0.05) is 22.4 Å². The van der Waals surface area contributed by atoms with Gasteiger partial charge in [0.05, 0.1) is 35.0 Å². The van der Waals surface area contributed by atoms with E-state index in [1.165, 1.54) is 23.5 Å². The Kier molecular flexibility index (Phi) is 7.02. The first-order chi connectivity index (χ1) is 18.4. The summed E-state index contributed by atoms with van der Waals surface area (Å²) in [5, 5.41) is 8.31. The molecule has 0 radical (unpaired) electrons. The van der Waals surface area contributed by atoms with E-state index in [0.29, 0.717) is 17.0 Å². The molecule has 9 heteroatoms. The summed E-state index contributed by atoms with van der Waals surface area (Å²) in [7, 11) is 0. The first-order valence-electron chi connectivity index (χ1n) is 12.1. The lowest BCUT2D eigenvalue weighted by Gasteiger charge is -2.29. The van der Waals surface area contributed by atoms with Gasteiger partial charge in [0.15, 0.2) is 0 Å². The minimum atomic E-state index is -0.489. The van der Waals surface area contributed by atoms with Crippen LogP contribution in [0.3, 0.4) is 0 Å². The van der Waals surface area contributed by atoms with Crippen LogP contribution in [0, 0.1) is 12.7 Å². The second-order valence-corrected chi connectivity index (χ2v) is 10.0. The third kappa shape index (κ3) is 4.80. The fourth-order valence-corrected chi connectivity index (χ4v) is 5.27. The predicted molar refractivity (Wildman–Crippen MR) is 148 cm³/mol.